The van der Waals surface area contributed by atoms with Gasteiger partial charge in [0, 0.05) is 44.1 Å². The van der Waals surface area contributed by atoms with Crippen LogP contribution in [-0.4, -0.2) is 84.8 Å². The molecule has 4 N–H and O–H groups in total. The summed E-state index contributed by atoms with van der Waals surface area (Å²) >= 11 is 0. The van der Waals surface area contributed by atoms with Gasteiger partial charge in [-0.1, -0.05) is 36.4 Å². The summed E-state index contributed by atoms with van der Waals surface area (Å²) in [6, 6.07) is 18.9. The van der Waals surface area contributed by atoms with E-state index in [0.29, 0.717) is 5.69 Å². The van der Waals surface area contributed by atoms with Crippen molar-refractivity contribution in [3.05, 3.63) is 60.7 Å². The van der Waals surface area contributed by atoms with Gasteiger partial charge in [0.2, 0.25) is 0 Å². The van der Waals surface area contributed by atoms with E-state index in [4.69, 9.17) is 4.74 Å². The Kier molecular flexibility index (Phi) is 7.03. The quantitative estimate of drug-likeness (QED) is 0.553. The Balaban J connectivity index is 1.35. The summed E-state index contributed by atoms with van der Waals surface area (Å²) in [5.74, 6) is 0. The number of piperazine rings is 1. The Hall–Kier alpha value is -2.65. The van der Waals surface area contributed by atoms with E-state index >= 15 is 0 Å². The van der Waals surface area contributed by atoms with Crippen molar-refractivity contribution in [1.29, 1.82) is 0 Å². The lowest BCUT2D eigenvalue weighted by molar-refractivity contribution is -0.0205. The molecule has 0 aliphatic carbocycles. The molecule has 2 aromatic rings. The summed E-state index contributed by atoms with van der Waals surface area (Å²) in [6.45, 7) is 3.21. The van der Waals surface area contributed by atoms with Crippen LogP contribution in [0.3, 0.4) is 0 Å². The minimum absolute atomic E-state index is 0.246. The third-order valence-electron chi connectivity index (χ3n) is 5.99. The topological polar surface area (TPSA) is 97.3 Å². The molecule has 2 saturated heterocycles. The number of anilines is 2. The van der Waals surface area contributed by atoms with Gasteiger partial charge in [0.1, 0.15) is 12.2 Å². The Labute approximate surface area is 182 Å². The van der Waals surface area contributed by atoms with Crippen LogP contribution in [0.2, 0.25) is 0 Å². The lowest BCUT2D eigenvalue weighted by Crippen LogP contribution is -2.57. The van der Waals surface area contributed by atoms with E-state index in [2.05, 4.69) is 32.6 Å². The highest BCUT2D eigenvalue weighted by Crippen LogP contribution is 2.27. The molecule has 31 heavy (non-hydrogen) atoms. The van der Waals surface area contributed by atoms with Crippen molar-refractivity contribution in [1.82, 2.24) is 10.2 Å². The average Bonchev–Trinajstić information content (AvgIpc) is 3.14. The van der Waals surface area contributed by atoms with E-state index in [1.54, 1.807) is 0 Å². The van der Waals surface area contributed by atoms with E-state index in [9.17, 15) is 15.0 Å². The lowest BCUT2D eigenvalue weighted by atomic mass is 10.0. The normalized spacial score (nSPS) is 26.6. The molecule has 8 heteroatoms. The van der Waals surface area contributed by atoms with E-state index in [0.717, 1.165) is 26.2 Å². The summed E-state index contributed by atoms with van der Waals surface area (Å²) in [5.41, 5.74) is 1.89. The second kappa shape index (κ2) is 10.1. The maximum Gasteiger partial charge on any atom is 0.319 e. The van der Waals surface area contributed by atoms with Crippen molar-refractivity contribution in [3.8, 4) is 0 Å². The molecular weight excluding hydrogens is 396 g/mol. The van der Waals surface area contributed by atoms with Crippen LogP contribution < -0.4 is 15.5 Å². The van der Waals surface area contributed by atoms with Crippen LogP contribution in [0.15, 0.2) is 60.7 Å². The molecule has 2 aliphatic rings. The average molecular weight is 427 g/mol. The van der Waals surface area contributed by atoms with Crippen LogP contribution in [0.1, 0.15) is 0 Å². The number of carbonyl (C=O) groups excluding carboxylic acids is 1. The molecule has 166 valence electrons. The first kappa shape index (κ1) is 21.6. The van der Waals surface area contributed by atoms with Crippen molar-refractivity contribution in [2.75, 3.05) is 49.5 Å². The highest BCUT2D eigenvalue weighted by Gasteiger charge is 2.46. The van der Waals surface area contributed by atoms with Gasteiger partial charge in [-0.3, -0.25) is 4.90 Å². The van der Waals surface area contributed by atoms with E-state index < -0.39 is 18.3 Å². The number of para-hydroxylation sites is 2. The van der Waals surface area contributed by atoms with Gasteiger partial charge in [0.15, 0.2) is 0 Å². The number of nitrogens with one attached hydrogen (secondary N) is 2. The SMILES string of the molecule is O=C(NC[C@H]1O[C@@H](CO)[C@@H](O)[C@H]1N1CCN(c2ccccc2)CC1)Nc1ccccc1. The molecule has 4 atom stereocenters. The standard InChI is InChI=1S/C23H30N4O4/c28-16-20-22(29)21(27-13-11-26(12-14-27)18-9-5-2-6-10-18)19(31-20)15-24-23(30)25-17-7-3-1-4-8-17/h1-10,19-22,28-29H,11-16H2,(H2,24,25,30)/t19-,20+,21+,22-/m1/s1. The van der Waals surface area contributed by atoms with Crippen LogP contribution in [0.5, 0.6) is 0 Å². The summed E-state index contributed by atoms with van der Waals surface area (Å²) in [7, 11) is 0. The van der Waals surface area contributed by atoms with Crippen molar-refractivity contribution < 1.29 is 19.7 Å². The highest BCUT2D eigenvalue weighted by atomic mass is 16.5. The molecule has 0 saturated carbocycles. The van der Waals surface area contributed by atoms with Crippen molar-refractivity contribution in [2.24, 2.45) is 0 Å². The van der Waals surface area contributed by atoms with E-state index in [-0.39, 0.29) is 25.2 Å². The van der Waals surface area contributed by atoms with Crippen LogP contribution in [-0.2, 0) is 4.74 Å². The summed E-state index contributed by atoms with van der Waals surface area (Å²) < 4.78 is 5.90. The largest absolute Gasteiger partial charge is 0.394 e. The second-order valence-corrected chi connectivity index (χ2v) is 7.94. The van der Waals surface area contributed by atoms with Crippen LogP contribution in [0, 0.1) is 0 Å². The fourth-order valence-corrected chi connectivity index (χ4v) is 4.40. The number of urea groups is 1. The molecule has 0 unspecified atom stereocenters. The Morgan fingerprint density at radius 2 is 1.61 bits per heavy atom. The summed E-state index contributed by atoms with van der Waals surface area (Å²) in [4.78, 5) is 16.8. The molecule has 8 nitrogen and oxygen atoms in total. The molecule has 0 radical (unpaired) electrons. The van der Waals surface area contributed by atoms with Gasteiger partial charge in [-0.25, -0.2) is 4.79 Å². The van der Waals surface area contributed by atoms with Crippen LogP contribution >= 0.6 is 0 Å². The molecule has 0 spiro atoms. The number of carbonyl (C=O) groups is 1. The maximum absolute atomic E-state index is 12.3. The second-order valence-electron chi connectivity index (χ2n) is 7.94. The van der Waals surface area contributed by atoms with Gasteiger partial charge >= 0.3 is 6.03 Å². The first-order valence-electron chi connectivity index (χ1n) is 10.7. The Morgan fingerprint density at radius 3 is 2.26 bits per heavy atom. The Morgan fingerprint density at radius 1 is 0.968 bits per heavy atom. The predicted molar refractivity (Wildman–Crippen MR) is 119 cm³/mol. The number of aliphatic hydroxyl groups is 2. The number of benzene rings is 2. The van der Waals surface area contributed by atoms with Crippen molar-refractivity contribution in [3.63, 3.8) is 0 Å². The van der Waals surface area contributed by atoms with Crippen molar-refractivity contribution >= 4 is 17.4 Å². The molecule has 2 aliphatic heterocycles. The smallest absolute Gasteiger partial charge is 0.319 e. The number of rotatable bonds is 6. The first-order valence-corrected chi connectivity index (χ1v) is 10.7. The van der Waals surface area contributed by atoms with Crippen LogP contribution in [0.4, 0.5) is 16.2 Å². The van der Waals surface area contributed by atoms with Crippen LogP contribution in [0.25, 0.3) is 0 Å². The summed E-state index contributed by atoms with van der Waals surface area (Å²) in [5, 5.41) is 26.0. The molecule has 2 fully saturated rings. The molecule has 2 aromatic carbocycles. The van der Waals surface area contributed by atoms with Gasteiger partial charge in [0.05, 0.1) is 18.8 Å². The molecule has 2 heterocycles. The lowest BCUT2D eigenvalue weighted by Gasteiger charge is -2.41. The molecule has 2 amide bonds. The Bertz CT molecular complexity index is 830. The molecule has 4 rings (SSSR count). The van der Waals surface area contributed by atoms with Gasteiger partial charge in [-0.05, 0) is 24.3 Å². The molecular formula is C23H30N4O4. The highest BCUT2D eigenvalue weighted by molar-refractivity contribution is 5.89. The number of hydrogen-bond acceptors (Lipinski definition) is 6. The minimum atomic E-state index is -0.808. The van der Waals surface area contributed by atoms with Gasteiger partial charge in [-0.2, -0.15) is 0 Å². The maximum atomic E-state index is 12.3. The van der Waals surface area contributed by atoms with Crippen molar-refractivity contribution in [2.45, 2.75) is 24.4 Å². The monoisotopic (exact) mass is 426 g/mol. The third-order valence-corrected chi connectivity index (χ3v) is 5.99. The minimum Gasteiger partial charge on any atom is -0.394 e. The zero-order valence-corrected chi connectivity index (χ0v) is 17.4. The number of ether oxygens (including phenoxy) is 1. The fraction of sp³-hybridized carbons (Fsp3) is 0.435. The number of nitrogens with zero attached hydrogens (tertiary/aromatic N) is 2. The number of hydrogen-bond donors (Lipinski definition) is 4. The van der Waals surface area contributed by atoms with Gasteiger partial charge < -0.3 is 30.5 Å². The zero-order chi connectivity index (χ0) is 21.6. The number of amides is 2. The number of aliphatic hydroxyl groups excluding tert-OH is 2. The first-order chi connectivity index (χ1) is 15.2. The van der Waals surface area contributed by atoms with E-state index in [1.165, 1.54) is 5.69 Å². The predicted octanol–water partition coefficient (Wildman–Crippen LogP) is 1.12. The summed E-state index contributed by atoms with van der Waals surface area (Å²) in [6.07, 6.45) is -1.87. The zero-order valence-electron chi connectivity index (χ0n) is 17.4. The van der Waals surface area contributed by atoms with Gasteiger partial charge in [0.25, 0.3) is 0 Å². The fourth-order valence-electron chi connectivity index (χ4n) is 4.40. The van der Waals surface area contributed by atoms with Gasteiger partial charge in [-0.15, -0.1) is 0 Å². The van der Waals surface area contributed by atoms with E-state index in [1.807, 2.05) is 48.5 Å². The molecule has 0 aromatic heterocycles. The third kappa shape index (κ3) is 5.16. The molecule has 0 bridgehead atoms.